The third kappa shape index (κ3) is 2.91. The van der Waals surface area contributed by atoms with Gasteiger partial charge in [-0.3, -0.25) is 0 Å². The van der Waals surface area contributed by atoms with E-state index in [1.54, 1.807) is 6.92 Å². The first-order valence-electron chi connectivity index (χ1n) is 5.95. The Morgan fingerprint density at radius 1 is 1.47 bits per heavy atom. The Kier molecular flexibility index (Phi) is 4.15. The third-order valence-corrected chi connectivity index (χ3v) is 5.47. The van der Waals surface area contributed by atoms with Gasteiger partial charge in [0, 0.05) is 18.1 Å². The maximum atomic E-state index is 13.7. The molecule has 1 aliphatic rings. The number of rotatable bonds is 2. The van der Waals surface area contributed by atoms with E-state index in [9.17, 15) is 17.9 Å². The summed E-state index contributed by atoms with van der Waals surface area (Å²) in [6.45, 7) is 2.14. The molecule has 4 nitrogen and oxygen atoms in total. The van der Waals surface area contributed by atoms with E-state index >= 15 is 0 Å². The van der Waals surface area contributed by atoms with Gasteiger partial charge in [-0.1, -0.05) is 18.5 Å². The fourth-order valence-corrected chi connectivity index (χ4v) is 3.90. The van der Waals surface area contributed by atoms with Gasteiger partial charge in [-0.2, -0.15) is 4.31 Å². The molecule has 2 unspecified atom stereocenters. The van der Waals surface area contributed by atoms with Gasteiger partial charge in [0.15, 0.2) is 0 Å². The Morgan fingerprint density at radius 2 is 2.16 bits per heavy atom. The summed E-state index contributed by atoms with van der Waals surface area (Å²) < 4.78 is 39.6. The van der Waals surface area contributed by atoms with Gasteiger partial charge in [-0.25, -0.2) is 12.8 Å². The zero-order chi connectivity index (χ0) is 14.2. The van der Waals surface area contributed by atoms with Crippen molar-refractivity contribution in [1.82, 2.24) is 4.31 Å². The molecule has 0 bridgehead atoms. The lowest BCUT2D eigenvalue weighted by Crippen LogP contribution is -2.45. The van der Waals surface area contributed by atoms with Gasteiger partial charge in [-0.05, 0) is 30.5 Å². The third-order valence-electron chi connectivity index (χ3n) is 3.33. The lowest BCUT2D eigenvalue weighted by atomic mass is 9.99. The lowest BCUT2D eigenvalue weighted by Gasteiger charge is -2.33. The number of nitrogens with zero attached hydrogens (tertiary/aromatic N) is 1. The Hall–Kier alpha value is -0.690. The minimum absolute atomic E-state index is 0.152. The van der Waals surface area contributed by atoms with E-state index in [1.165, 1.54) is 16.4 Å². The number of hydrogen-bond acceptors (Lipinski definition) is 3. The molecule has 1 fully saturated rings. The predicted molar refractivity (Wildman–Crippen MR) is 70.0 cm³/mol. The van der Waals surface area contributed by atoms with E-state index in [4.69, 9.17) is 11.6 Å². The monoisotopic (exact) mass is 307 g/mol. The average Bonchev–Trinajstić information content (AvgIpc) is 2.32. The van der Waals surface area contributed by atoms with Crippen LogP contribution in [0.1, 0.15) is 13.3 Å². The van der Waals surface area contributed by atoms with Crippen molar-refractivity contribution >= 4 is 21.6 Å². The van der Waals surface area contributed by atoms with Crippen molar-refractivity contribution in [3.05, 3.63) is 29.0 Å². The van der Waals surface area contributed by atoms with Crippen LogP contribution in [0, 0.1) is 11.7 Å². The van der Waals surface area contributed by atoms with E-state index in [0.29, 0.717) is 6.42 Å². The molecule has 1 aliphatic heterocycles. The van der Waals surface area contributed by atoms with Crippen molar-refractivity contribution in [2.75, 3.05) is 13.1 Å². The van der Waals surface area contributed by atoms with Gasteiger partial charge in [0.1, 0.15) is 10.7 Å². The minimum Gasteiger partial charge on any atom is -0.393 e. The van der Waals surface area contributed by atoms with E-state index in [1.807, 2.05) is 0 Å². The maximum absolute atomic E-state index is 13.7. The first-order chi connectivity index (χ1) is 8.82. The Labute approximate surface area is 116 Å². The van der Waals surface area contributed by atoms with Gasteiger partial charge in [0.05, 0.1) is 6.10 Å². The first kappa shape index (κ1) is 14.7. The van der Waals surface area contributed by atoms with Crippen molar-refractivity contribution in [2.45, 2.75) is 24.3 Å². The van der Waals surface area contributed by atoms with Crippen LogP contribution in [0.15, 0.2) is 23.1 Å². The lowest BCUT2D eigenvalue weighted by molar-refractivity contribution is 0.0628. The highest BCUT2D eigenvalue weighted by Gasteiger charge is 2.34. The van der Waals surface area contributed by atoms with E-state index in [0.717, 1.165) is 6.07 Å². The molecule has 106 valence electrons. The second-order valence-electron chi connectivity index (χ2n) is 4.77. The molecule has 2 rings (SSSR count). The van der Waals surface area contributed by atoms with Crippen molar-refractivity contribution in [3.63, 3.8) is 0 Å². The summed E-state index contributed by atoms with van der Waals surface area (Å²) in [7, 11) is -3.88. The number of aliphatic hydroxyl groups excluding tert-OH is 1. The summed E-state index contributed by atoms with van der Waals surface area (Å²) in [5.74, 6) is -1.02. The van der Waals surface area contributed by atoms with E-state index in [2.05, 4.69) is 0 Å². The Morgan fingerprint density at radius 3 is 2.74 bits per heavy atom. The fourth-order valence-electron chi connectivity index (χ4n) is 2.14. The summed E-state index contributed by atoms with van der Waals surface area (Å²) >= 11 is 5.61. The van der Waals surface area contributed by atoms with Crippen LogP contribution >= 0.6 is 11.6 Å². The molecule has 2 atom stereocenters. The SMILES string of the molecule is CC1CN(S(=O)(=O)c2ccc(Cl)cc2F)CCC1O. The number of hydrogen-bond donors (Lipinski definition) is 1. The summed E-state index contributed by atoms with van der Waals surface area (Å²) in [6.07, 6.45) is -0.156. The molecule has 0 aromatic heterocycles. The molecule has 19 heavy (non-hydrogen) atoms. The summed E-state index contributed by atoms with van der Waals surface area (Å²) in [4.78, 5) is -0.375. The largest absolute Gasteiger partial charge is 0.393 e. The highest BCUT2D eigenvalue weighted by Crippen LogP contribution is 2.26. The summed E-state index contributed by atoms with van der Waals surface area (Å²) in [5, 5.41) is 9.76. The standard InChI is InChI=1S/C12H15ClFNO3S/c1-8-7-15(5-4-11(8)16)19(17,18)12-3-2-9(13)6-10(12)14/h2-3,6,8,11,16H,4-5,7H2,1H3. The normalized spacial score (nSPS) is 25.5. The highest BCUT2D eigenvalue weighted by molar-refractivity contribution is 7.89. The van der Waals surface area contributed by atoms with Gasteiger partial charge < -0.3 is 5.11 Å². The first-order valence-corrected chi connectivity index (χ1v) is 7.77. The topological polar surface area (TPSA) is 57.6 Å². The Balaban J connectivity index is 2.32. The molecule has 1 aromatic rings. The molecular formula is C12H15ClFNO3S. The second-order valence-corrected chi connectivity index (χ2v) is 7.11. The van der Waals surface area contributed by atoms with E-state index in [-0.39, 0.29) is 28.9 Å². The van der Waals surface area contributed by atoms with Crippen molar-refractivity contribution in [2.24, 2.45) is 5.92 Å². The van der Waals surface area contributed by atoms with Crippen LogP contribution in [-0.4, -0.2) is 37.0 Å². The van der Waals surface area contributed by atoms with Gasteiger partial charge >= 0.3 is 0 Å². The summed E-state index contributed by atoms with van der Waals surface area (Å²) in [5.41, 5.74) is 0. The van der Waals surface area contributed by atoms with E-state index < -0.39 is 21.9 Å². The Bertz CT molecular complexity index is 578. The number of aliphatic hydroxyl groups is 1. The smallest absolute Gasteiger partial charge is 0.245 e. The molecule has 0 saturated carbocycles. The quantitative estimate of drug-likeness (QED) is 0.907. The van der Waals surface area contributed by atoms with Crippen molar-refractivity contribution in [3.8, 4) is 0 Å². The van der Waals surface area contributed by atoms with Crippen LogP contribution < -0.4 is 0 Å². The average molecular weight is 308 g/mol. The number of halogens is 2. The minimum atomic E-state index is -3.88. The number of piperidine rings is 1. The molecule has 1 saturated heterocycles. The zero-order valence-electron chi connectivity index (χ0n) is 10.4. The van der Waals surface area contributed by atoms with Gasteiger partial charge in [-0.15, -0.1) is 0 Å². The van der Waals surface area contributed by atoms with Crippen LogP contribution in [-0.2, 0) is 10.0 Å². The molecular weight excluding hydrogens is 293 g/mol. The van der Waals surface area contributed by atoms with Crippen LogP contribution in [0.5, 0.6) is 0 Å². The van der Waals surface area contributed by atoms with Gasteiger partial charge in [0.25, 0.3) is 0 Å². The number of benzene rings is 1. The van der Waals surface area contributed by atoms with Crippen molar-refractivity contribution in [1.29, 1.82) is 0 Å². The zero-order valence-corrected chi connectivity index (χ0v) is 12.0. The number of sulfonamides is 1. The van der Waals surface area contributed by atoms with Gasteiger partial charge in [0.2, 0.25) is 10.0 Å². The molecule has 7 heteroatoms. The van der Waals surface area contributed by atoms with Crippen LogP contribution in [0.2, 0.25) is 5.02 Å². The van der Waals surface area contributed by atoms with Crippen LogP contribution in [0.25, 0.3) is 0 Å². The molecule has 1 aromatic carbocycles. The highest BCUT2D eigenvalue weighted by atomic mass is 35.5. The molecule has 0 amide bonds. The predicted octanol–water partition coefficient (Wildman–Crippen LogP) is 1.87. The molecule has 0 aliphatic carbocycles. The fraction of sp³-hybridized carbons (Fsp3) is 0.500. The summed E-state index contributed by atoms with van der Waals surface area (Å²) in [6, 6.07) is 3.50. The molecule has 0 radical (unpaired) electrons. The molecule has 1 heterocycles. The molecule has 0 spiro atoms. The van der Waals surface area contributed by atoms with Crippen LogP contribution in [0.3, 0.4) is 0 Å². The van der Waals surface area contributed by atoms with Crippen molar-refractivity contribution < 1.29 is 17.9 Å². The van der Waals surface area contributed by atoms with Crippen LogP contribution in [0.4, 0.5) is 4.39 Å². The second kappa shape index (κ2) is 5.36. The maximum Gasteiger partial charge on any atom is 0.245 e. The molecule has 1 N–H and O–H groups in total.